The molecule has 2 aliphatic heterocycles. The summed E-state index contributed by atoms with van der Waals surface area (Å²) in [4.78, 5) is 29.1. The summed E-state index contributed by atoms with van der Waals surface area (Å²) in [6.07, 6.45) is 3.68. The molecule has 0 radical (unpaired) electrons. The maximum atomic E-state index is 12.9. The normalized spacial score (nSPS) is 22.7. The molecule has 1 N–H and O–H groups in total. The van der Waals surface area contributed by atoms with E-state index in [4.69, 9.17) is 0 Å². The van der Waals surface area contributed by atoms with Gasteiger partial charge in [0.15, 0.2) is 0 Å². The number of piperidine rings is 1. The zero-order chi connectivity index (χ0) is 16.0. The largest absolute Gasteiger partial charge is 0.362 e. The molecule has 1 aromatic carbocycles. The van der Waals surface area contributed by atoms with Gasteiger partial charge in [0.2, 0.25) is 5.91 Å². The molecule has 1 aliphatic carbocycles. The molecule has 1 saturated carbocycles. The molecule has 2 fully saturated rings. The average Bonchev–Trinajstić information content (AvgIpc) is 3.40. The molecule has 0 unspecified atom stereocenters. The third-order valence-electron chi connectivity index (χ3n) is 5.43. The third-order valence-corrected chi connectivity index (χ3v) is 5.43. The number of anilines is 1. The van der Waals surface area contributed by atoms with E-state index >= 15 is 0 Å². The van der Waals surface area contributed by atoms with Crippen LogP contribution in [0.25, 0.3) is 0 Å². The summed E-state index contributed by atoms with van der Waals surface area (Å²) in [5, 5.41) is 3.62. The highest BCUT2D eigenvalue weighted by molar-refractivity contribution is 6.02. The van der Waals surface area contributed by atoms with Gasteiger partial charge in [-0.1, -0.05) is 12.1 Å². The average molecular weight is 313 g/mol. The van der Waals surface area contributed by atoms with Crippen molar-refractivity contribution in [3.05, 3.63) is 29.8 Å². The highest BCUT2D eigenvalue weighted by Gasteiger charge is 2.47. The van der Waals surface area contributed by atoms with Crippen LogP contribution in [0, 0.1) is 5.92 Å². The van der Waals surface area contributed by atoms with Gasteiger partial charge in [0, 0.05) is 44.1 Å². The first-order chi connectivity index (χ1) is 11.1. The smallest absolute Gasteiger partial charge is 0.257 e. The Bertz CT molecular complexity index is 645. The van der Waals surface area contributed by atoms with Crippen LogP contribution in [0.4, 0.5) is 5.69 Å². The molecule has 0 aromatic heterocycles. The number of benzene rings is 1. The first kappa shape index (κ1) is 14.5. The van der Waals surface area contributed by atoms with Gasteiger partial charge < -0.3 is 15.1 Å². The molecule has 4 rings (SSSR count). The Labute approximate surface area is 136 Å². The van der Waals surface area contributed by atoms with Crippen molar-refractivity contribution in [2.24, 2.45) is 5.92 Å². The standard InChI is InChI=1S/C18H23N3O2/c1-2-21-17(23)14-5-3-4-6-15(14)19-18(21)9-11-20(12-10-18)16(22)13-7-8-13/h3-6,13,19H,2,7-12H2,1H3. The van der Waals surface area contributed by atoms with Gasteiger partial charge >= 0.3 is 0 Å². The monoisotopic (exact) mass is 313 g/mol. The van der Waals surface area contributed by atoms with E-state index in [1.54, 1.807) is 0 Å². The molecule has 1 spiro atoms. The number of nitrogens with zero attached hydrogens (tertiary/aromatic N) is 2. The van der Waals surface area contributed by atoms with E-state index in [-0.39, 0.29) is 17.5 Å². The van der Waals surface area contributed by atoms with E-state index in [0.29, 0.717) is 12.5 Å². The topological polar surface area (TPSA) is 52.7 Å². The fraction of sp³-hybridized carbons (Fsp3) is 0.556. The molecule has 5 heteroatoms. The molecule has 0 bridgehead atoms. The molecule has 122 valence electrons. The maximum absolute atomic E-state index is 12.9. The first-order valence-electron chi connectivity index (χ1n) is 8.62. The van der Waals surface area contributed by atoms with Crippen molar-refractivity contribution in [3.63, 3.8) is 0 Å². The lowest BCUT2D eigenvalue weighted by atomic mass is 9.90. The Hall–Kier alpha value is -2.04. The molecule has 2 heterocycles. The van der Waals surface area contributed by atoms with Crippen molar-refractivity contribution in [3.8, 4) is 0 Å². The van der Waals surface area contributed by atoms with E-state index in [2.05, 4.69) is 5.32 Å². The summed E-state index contributed by atoms with van der Waals surface area (Å²) in [7, 11) is 0. The van der Waals surface area contributed by atoms with Gasteiger partial charge in [0.1, 0.15) is 5.66 Å². The molecular weight excluding hydrogens is 290 g/mol. The van der Waals surface area contributed by atoms with Crippen LogP contribution < -0.4 is 5.32 Å². The number of para-hydroxylation sites is 1. The fourth-order valence-electron chi connectivity index (χ4n) is 3.96. The summed E-state index contributed by atoms with van der Waals surface area (Å²) in [6.45, 7) is 4.16. The van der Waals surface area contributed by atoms with Gasteiger partial charge in [-0.25, -0.2) is 0 Å². The Morgan fingerprint density at radius 2 is 1.96 bits per heavy atom. The number of amides is 2. The number of carbonyl (C=O) groups is 2. The summed E-state index contributed by atoms with van der Waals surface area (Å²) >= 11 is 0. The van der Waals surface area contributed by atoms with E-state index in [1.807, 2.05) is 41.0 Å². The van der Waals surface area contributed by atoms with E-state index in [9.17, 15) is 9.59 Å². The van der Waals surface area contributed by atoms with Gasteiger partial charge in [0.05, 0.1) is 5.56 Å². The van der Waals surface area contributed by atoms with Crippen LogP contribution in [-0.2, 0) is 4.79 Å². The van der Waals surface area contributed by atoms with Crippen LogP contribution in [0.5, 0.6) is 0 Å². The van der Waals surface area contributed by atoms with Crippen LogP contribution in [0.2, 0.25) is 0 Å². The number of carbonyl (C=O) groups excluding carboxylic acids is 2. The fourth-order valence-corrected chi connectivity index (χ4v) is 3.96. The number of likely N-dealkylation sites (tertiary alicyclic amines) is 1. The zero-order valence-corrected chi connectivity index (χ0v) is 13.5. The second-order valence-corrected chi connectivity index (χ2v) is 6.85. The molecule has 2 amide bonds. The quantitative estimate of drug-likeness (QED) is 0.911. The van der Waals surface area contributed by atoms with Crippen LogP contribution in [0.15, 0.2) is 24.3 Å². The summed E-state index contributed by atoms with van der Waals surface area (Å²) < 4.78 is 0. The van der Waals surface area contributed by atoms with Crippen molar-refractivity contribution in [2.45, 2.75) is 38.3 Å². The molecule has 3 aliphatic rings. The predicted octanol–water partition coefficient (Wildman–Crippen LogP) is 2.30. The molecule has 0 atom stereocenters. The molecule has 23 heavy (non-hydrogen) atoms. The number of hydrogen-bond donors (Lipinski definition) is 1. The third kappa shape index (κ3) is 2.30. The van der Waals surface area contributed by atoms with Crippen LogP contribution in [0.1, 0.15) is 43.0 Å². The minimum Gasteiger partial charge on any atom is -0.362 e. The molecular formula is C18H23N3O2. The number of fused-ring (bicyclic) bond motifs is 1. The van der Waals surface area contributed by atoms with Gasteiger partial charge in [0.25, 0.3) is 5.91 Å². The lowest BCUT2D eigenvalue weighted by molar-refractivity contribution is -0.134. The Morgan fingerprint density at radius 3 is 2.61 bits per heavy atom. The molecule has 1 aromatic rings. The van der Waals surface area contributed by atoms with Crippen molar-refractivity contribution < 1.29 is 9.59 Å². The van der Waals surface area contributed by atoms with E-state index in [0.717, 1.165) is 50.0 Å². The Kier molecular flexibility index (Phi) is 3.32. The van der Waals surface area contributed by atoms with Crippen LogP contribution in [-0.4, -0.2) is 46.9 Å². The summed E-state index contributed by atoms with van der Waals surface area (Å²) in [5.74, 6) is 0.683. The SMILES string of the molecule is CCN1C(=O)c2ccccc2NC12CCN(C(=O)C1CC1)CC2. The number of rotatable bonds is 2. The Morgan fingerprint density at radius 1 is 1.26 bits per heavy atom. The predicted molar refractivity (Wildman–Crippen MR) is 88.0 cm³/mol. The van der Waals surface area contributed by atoms with Gasteiger partial charge in [-0.3, -0.25) is 9.59 Å². The van der Waals surface area contributed by atoms with Crippen molar-refractivity contribution in [1.29, 1.82) is 0 Å². The second kappa shape index (κ2) is 5.25. The number of nitrogens with one attached hydrogen (secondary N) is 1. The molecule has 1 saturated heterocycles. The zero-order valence-electron chi connectivity index (χ0n) is 13.5. The lowest BCUT2D eigenvalue weighted by Gasteiger charge is -2.52. The first-order valence-corrected chi connectivity index (χ1v) is 8.62. The minimum atomic E-state index is -0.347. The highest BCUT2D eigenvalue weighted by atomic mass is 16.2. The van der Waals surface area contributed by atoms with Crippen LogP contribution in [0.3, 0.4) is 0 Å². The van der Waals surface area contributed by atoms with Crippen LogP contribution >= 0.6 is 0 Å². The molecule has 5 nitrogen and oxygen atoms in total. The van der Waals surface area contributed by atoms with Crippen molar-refractivity contribution >= 4 is 17.5 Å². The summed E-state index contributed by atoms with van der Waals surface area (Å²) in [6, 6.07) is 7.72. The van der Waals surface area contributed by atoms with Crippen molar-refractivity contribution in [1.82, 2.24) is 9.80 Å². The maximum Gasteiger partial charge on any atom is 0.257 e. The Balaban J connectivity index is 1.58. The van der Waals surface area contributed by atoms with Gasteiger partial charge in [-0.15, -0.1) is 0 Å². The highest BCUT2D eigenvalue weighted by Crippen LogP contribution is 2.39. The number of hydrogen-bond acceptors (Lipinski definition) is 3. The van der Waals surface area contributed by atoms with E-state index < -0.39 is 0 Å². The second-order valence-electron chi connectivity index (χ2n) is 6.85. The van der Waals surface area contributed by atoms with Gasteiger partial charge in [-0.2, -0.15) is 0 Å². The summed E-state index contributed by atoms with van der Waals surface area (Å²) in [5.41, 5.74) is 1.32. The van der Waals surface area contributed by atoms with E-state index in [1.165, 1.54) is 0 Å². The van der Waals surface area contributed by atoms with Crippen molar-refractivity contribution in [2.75, 3.05) is 25.0 Å². The van der Waals surface area contributed by atoms with Gasteiger partial charge in [-0.05, 0) is 31.9 Å². The lowest BCUT2D eigenvalue weighted by Crippen LogP contribution is -2.64. The minimum absolute atomic E-state index is 0.101.